The summed E-state index contributed by atoms with van der Waals surface area (Å²) in [5.41, 5.74) is 0. The van der Waals surface area contributed by atoms with Crippen LogP contribution in [0.25, 0.3) is 0 Å². The summed E-state index contributed by atoms with van der Waals surface area (Å²) in [6.45, 7) is 6.11. The molecule has 0 rings (SSSR count). The Morgan fingerprint density at radius 3 is 2.31 bits per heavy atom. The third kappa shape index (κ3) is 10.2. The largest absolute Gasteiger partial charge is 0.393 e. The summed E-state index contributed by atoms with van der Waals surface area (Å²) in [5.74, 6) is 0.525. The van der Waals surface area contributed by atoms with Crippen molar-refractivity contribution in [2.45, 2.75) is 71.5 Å². The van der Waals surface area contributed by atoms with E-state index in [1.54, 1.807) is 6.92 Å². The molecule has 0 aromatic carbocycles. The lowest BCUT2D eigenvalue weighted by molar-refractivity contribution is 0.106. The zero-order valence-corrected chi connectivity index (χ0v) is 11.0. The van der Waals surface area contributed by atoms with E-state index in [1.165, 1.54) is 6.42 Å². The highest BCUT2D eigenvalue weighted by molar-refractivity contribution is 4.83. The van der Waals surface area contributed by atoms with Gasteiger partial charge in [0, 0.05) is 0 Å². The van der Waals surface area contributed by atoms with Gasteiger partial charge in [0.15, 0.2) is 0 Å². The minimum Gasteiger partial charge on any atom is -0.393 e. The molecule has 0 aliphatic rings. The molecular weight excluding hydrogens is 200 g/mol. The molecule has 0 fully saturated rings. The van der Waals surface area contributed by atoms with E-state index in [0.29, 0.717) is 18.8 Å². The minimum atomic E-state index is -0.297. The SMILES string of the molecule is CCCC=CCC(C)CC(O)CCC(C)O. The molecule has 0 bridgehead atoms. The van der Waals surface area contributed by atoms with Crippen LogP contribution in [0.2, 0.25) is 0 Å². The monoisotopic (exact) mass is 228 g/mol. The Balaban J connectivity index is 3.57. The van der Waals surface area contributed by atoms with Gasteiger partial charge in [0.1, 0.15) is 0 Å². The molecule has 0 saturated carbocycles. The molecule has 0 aromatic rings. The van der Waals surface area contributed by atoms with Crippen LogP contribution >= 0.6 is 0 Å². The van der Waals surface area contributed by atoms with Crippen LogP contribution in [0, 0.1) is 5.92 Å². The maximum absolute atomic E-state index is 9.74. The van der Waals surface area contributed by atoms with Gasteiger partial charge in [0.2, 0.25) is 0 Å². The lowest BCUT2D eigenvalue weighted by Gasteiger charge is -2.15. The highest BCUT2D eigenvalue weighted by Crippen LogP contribution is 2.15. The molecule has 0 amide bonds. The third-order valence-corrected chi connectivity index (χ3v) is 2.75. The molecule has 0 aromatic heterocycles. The van der Waals surface area contributed by atoms with E-state index >= 15 is 0 Å². The fourth-order valence-corrected chi connectivity index (χ4v) is 1.73. The molecule has 0 aliphatic carbocycles. The molecule has 0 radical (unpaired) electrons. The van der Waals surface area contributed by atoms with E-state index in [2.05, 4.69) is 26.0 Å². The maximum atomic E-state index is 9.74. The Morgan fingerprint density at radius 2 is 1.75 bits per heavy atom. The summed E-state index contributed by atoms with van der Waals surface area (Å²) in [4.78, 5) is 0. The second-order valence-corrected chi connectivity index (χ2v) is 4.92. The van der Waals surface area contributed by atoms with Crippen molar-refractivity contribution >= 4 is 0 Å². The van der Waals surface area contributed by atoms with E-state index in [4.69, 9.17) is 5.11 Å². The molecule has 96 valence electrons. The van der Waals surface area contributed by atoms with Gasteiger partial charge in [0.25, 0.3) is 0 Å². The quantitative estimate of drug-likeness (QED) is 0.595. The van der Waals surface area contributed by atoms with Crippen molar-refractivity contribution in [1.29, 1.82) is 0 Å². The molecule has 0 aliphatic heterocycles. The van der Waals surface area contributed by atoms with Crippen molar-refractivity contribution in [3.8, 4) is 0 Å². The molecule has 0 heterocycles. The number of rotatable bonds is 9. The van der Waals surface area contributed by atoms with Gasteiger partial charge < -0.3 is 10.2 Å². The molecule has 2 nitrogen and oxygen atoms in total. The number of unbranched alkanes of at least 4 members (excludes halogenated alkanes) is 1. The average Bonchev–Trinajstić information content (AvgIpc) is 2.21. The first kappa shape index (κ1) is 15.7. The Morgan fingerprint density at radius 1 is 1.06 bits per heavy atom. The molecule has 3 unspecified atom stereocenters. The normalized spacial score (nSPS) is 17.6. The summed E-state index contributed by atoms with van der Waals surface area (Å²) >= 11 is 0. The summed E-state index contributed by atoms with van der Waals surface area (Å²) in [7, 11) is 0. The molecule has 3 atom stereocenters. The molecule has 2 heteroatoms. The topological polar surface area (TPSA) is 40.5 Å². The number of aliphatic hydroxyl groups excluding tert-OH is 2. The van der Waals surface area contributed by atoms with Gasteiger partial charge >= 0.3 is 0 Å². The lowest BCUT2D eigenvalue weighted by Crippen LogP contribution is -2.14. The van der Waals surface area contributed by atoms with Crippen LogP contribution < -0.4 is 0 Å². The van der Waals surface area contributed by atoms with Gasteiger partial charge in [-0.05, 0) is 44.9 Å². The van der Waals surface area contributed by atoms with E-state index in [9.17, 15) is 5.11 Å². The molecule has 0 spiro atoms. The van der Waals surface area contributed by atoms with E-state index in [0.717, 1.165) is 19.3 Å². The number of hydrogen-bond donors (Lipinski definition) is 2. The lowest BCUT2D eigenvalue weighted by atomic mass is 9.96. The van der Waals surface area contributed by atoms with Crippen molar-refractivity contribution in [2.24, 2.45) is 5.92 Å². The van der Waals surface area contributed by atoms with Crippen molar-refractivity contribution in [1.82, 2.24) is 0 Å². The van der Waals surface area contributed by atoms with Crippen LogP contribution in [0.1, 0.15) is 59.3 Å². The Labute approximate surface area is 100 Å². The van der Waals surface area contributed by atoms with E-state index in [-0.39, 0.29) is 12.2 Å². The van der Waals surface area contributed by atoms with Gasteiger partial charge in [-0.1, -0.05) is 32.4 Å². The van der Waals surface area contributed by atoms with Crippen molar-refractivity contribution in [3.05, 3.63) is 12.2 Å². The van der Waals surface area contributed by atoms with E-state index < -0.39 is 0 Å². The van der Waals surface area contributed by atoms with Crippen molar-refractivity contribution in [2.75, 3.05) is 0 Å². The van der Waals surface area contributed by atoms with Crippen LogP contribution in [0.5, 0.6) is 0 Å². The van der Waals surface area contributed by atoms with Crippen molar-refractivity contribution in [3.63, 3.8) is 0 Å². The van der Waals surface area contributed by atoms with Crippen LogP contribution in [0.15, 0.2) is 12.2 Å². The van der Waals surface area contributed by atoms with Crippen LogP contribution in [0.4, 0.5) is 0 Å². The standard InChI is InChI=1S/C14H28O2/c1-4-5-6-7-8-12(2)11-14(16)10-9-13(3)15/h6-7,12-16H,4-5,8-11H2,1-3H3. The van der Waals surface area contributed by atoms with Gasteiger partial charge in [-0.3, -0.25) is 0 Å². The zero-order valence-electron chi connectivity index (χ0n) is 11.0. The first-order valence-electron chi connectivity index (χ1n) is 6.57. The smallest absolute Gasteiger partial charge is 0.0543 e. The van der Waals surface area contributed by atoms with Gasteiger partial charge in [-0.25, -0.2) is 0 Å². The summed E-state index contributed by atoms with van der Waals surface area (Å²) in [6.07, 6.45) is 9.52. The zero-order chi connectivity index (χ0) is 12.4. The fourth-order valence-electron chi connectivity index (χ4n) is 1.73. The van der Waals surface area contributed by atoms with Gasteiger partial charge in [-0.2, -0.15) is 0 Å². The second-order valence-electron chi connectivity index (χ2n) is 4.92. The Kier molecular flexibility index (Phi) is 9.65. The number of hydrogen-bond acceptors (Lipinski definition) is 2. The number of aliphatic hydroxyl groups is 2. The molecule has 2 N–H and O–H groups in total. The highest BCUT2D eigenvalue weighted by atomic mass is 16.3. The predicted octanol–water partition coefficient (Wildman–Crippen LogP) is 3.28. The third-order valence-electron chi connectivity index (χ3n) is 2.75. The van der Waals surface area contributed by atoms with Crippen molar-refractivity contribution < 1.29 is 10.2 Å². The predicted molar refractivity (Wildman–Crippen MR) is 69.4 cm³/mol. The summed E-state index contributed by atoms with van der Waals surface area (Å²) in [6, 6.07) is 0. The first-order valence-corrected chi connectivity index (χ1v) is 6.57. The van der Waals surface area contributed by atoms with E-state index in [1.807, 2.05) is 0 Å². The average molecular weight is 228 g/mol. The molecule has 16 heavy (non-hydrogen) atoms. The summed E-state index contributed by atoms with van der Waals surface area (Å²) < 4.78 is 0. The van der Waals surface area contributed by atoms with Crippen LogP contribution in [-0.4, -0.2) is 22.4 Å². The first-order chi connectivity index (χ1) is 7.56. The maximum Gasteiger partial charge on any atom is 0.0543 e. The fraction of sp³-hybridized carbons (Fsp3) is 0.857. The Bertz CT molecular complexity index is 176. The molecular formula is C14H28O2. The minimum absolute atomic E-state index is 0.260. The van der Waals surface area contributed by atoms with Crippen LogP contribution in [0.3, 0.4) is 0 Å². The molecule has 0 saturated heterocycles. The highest BCUT2D eigenvalue weighted by Gasteiger charge is 2.10. The number of allylic oxidation sites excluding steroid dienone is 2. The van der Waals surface area contributed by atoms with Gasteiger partial charge in [-0.15, -0.1) is 0 Å². The van der Waals surface area contributed by atoms with Gasteiger partial charge in [0.05, 0.1) is 12.2 Å². The Hall–Kier alpha value is -0.340. The summed E-state index contributed by atoms with van der Waals surface area (Å²) in [5, 5.41) is 18.8. The second kappa shape index (κ2) is 9.86. The van der Waals surface area contributed by atoms with Crippen LogP contribution in [-0.2, 0) is 0 Å².